The summed E-state index contributed by atoms with van der Waals surface area (Å²) in [6, 6.07) is 11.9. The van der Waals surface area contributed by atoms with Crippen LogP contribution in [0.1, 0.15) is 30.9 Å². The first-order chi connectivity index (χ1) is 12.2. The Morgan fingerprint density at radius 1 is 1.28 bits per heavy atom. The Morgan fingerprint density at radius 2 is 2.12 bits per heavy atom. The first-order valence-corrected chi connectivity index (χ1v) is 8.86. The van der Waals surface area contributed by atoms with Crippen LogP contribution in [0.15, 0.2) is 42.6 Å². The Balaban J connectivity index is 1.43. The van der Waals surface area contributed by atoms with Crippen LogP contribution in [0.3, 0.4) is 0 Å². The van der Waals surface area contributed by atoms with Gasteiger partial charge in [-0.05, 0) is 44.0 Å². The SMILES string of the molecule is O=C(O)Cn1ccc([C@@H]2CCCN(CCCOc3ccccc3)C2)n1. The molecule has 0 unspecified atom stereocenters. The molecule has 1 aliphatic rings. The van der Waals surface area contributed by atoms with Crippen molar-refractivity contribution in [3.8, 4) is 5.75 Å². The number of hydrogen-bond acceptors (Lipinski definition) is 4. The topological polar surface area (TPSA) is 67.6 Å². The number of nitrogens with zero attached hydrogens (tertiary/aromatic N) is 3. The quantitative estimate of drug-likeness (QED) is 0.746. The van der Waals surface area contributed by atoms with Crippen LogP contribution in [0.25, 0.3) is 0 Å². The molecule has 0 aliphatic carbocycles. The minimum atomic E-state index is -0.863. The first kappa shape index (κ1) is 17.5. The van der Waals surface area contributed by atoms with Crippen molar-refractivity contribution < 1.29 is 14.6 Å². The highest BCUT2D eigenvalue weighted by molar-refractivity contribution is 5.66. The highest BCUT2D eigenvalue weighted by Crippen LogP contribution is 2.25. The van der Waals surface area contributed by atoms with Crippen LogP contribution in [0, 0.1) is 0 Å². The lowest BCUT2D eigenvalue weighted by Crippen LogP contribution is -2.35. The van der Waals surface area contributed by atoms with E-state index in [0.29, 0.717) is 5.92 Å². The van der Waals surface area contributed by atoms with Gasteiger partial charge < -0.3 is 14.7 Å². The fraction of sp³-hybridized carbons (Fsp3) is 0.474. The number of aromatic nitrogens is 2. The molecule has 3 rings (SSSR count). The third kappa shape index (κ3) is 5.32. The predicted molar refractivity (Wildman–Crippen MR) is 94.8 cm³/mol. The lowest BCUT2D eigenvalue weighted by Gasteiger charge is -2.31. The van der Waals surface area contributed by atoms with Crippen LogP contribution in [-0.2, 0) is 11.3 Å². The van der Waals surface area contributed by atoms with Crippen molar-refractivity contribution in [3.05, 3.63) is 48.3 Å². The average molecular weight is 343 g/mol. The number of aliphatic carboxylic acids is 1. The fourth-order valence-electron chi connectivity index (χ4n) is 3.32. The molecule has 25 heavy (non-hydrogen) atoms. The molecule has 2 heterocycles. The van der Waals surface area contributed by atoms with E-state index in [1.807, 2.05) is 36.4 Å². The Kier molecular flexibility index (Phi) is 6.06. The van der Waals surface area contributed by atoms with Gasteiger partial charge in [0.15, 0.2) is 0 Å². The van der Waals surface area contributed by atoms with Crippen LogP contribution in [0.4, 0.5) is 0 Å². The highest BCUT2D eigenvalue weighted by atomic mass is 16.5. The second-order valence-electron chi connectivity index (χ2n) is 6.49. The molecule has 0 amide bonds. The molecule has 6 heteroatoms. The maximum atomic E-state index is 10.8. The molecule has 1 fully saturated rings. The number of carboxylic acid groups (broad SMARTS) is 1. The molecular formula is C19H25N3O3. The molecule has 1 saturated heterocycles. The summed E-state index contributed by atoms with van der Waals surface area (Å²) in [6.45, 7) is 3.75. The number of benzene rings is 1. The van der Waals surface area contributed by atoms with Gasteiger partial charge >= 0.3 is 5.97 Å². The highest BCUT2D eigenvalue weighted by Gasteiger charge is 2.23. The van der Waals surface area contributed by atoms with E-state index in [1.165, 1.54) is 4.68 Å². The summed E-state index contributed by atoms with van der Waals surface area (Å²) >= 11 is 0. The molecule has 134 valence electrons. The summed E-state index contributed by atoms with van der Waals surface area (Å²) < 4.78 is 7.26. The van der Waals surface area contributed by atoms with Gasteiger partial charge in [0, 0.05) is 25.2 Å². The van der Waals surface area contributed by atoms with Crippen LogP contribution in [-0.4, -0.2) is 52.0 Å². The first-order valence-electron chi connectivity index (χ1n) is 8.86. The van der Waals surface area contributed by atoms with E-state index in [4.69, 9.17) is 9.84 Å². The molecule has 2 aromatic rings. The normalized spacial score (nSPS) is 18.2. The summed E-state index contributed by atoms with van der Waals surface area (Å²) in [4.78, 5) is 13.2. The third-order valence-electron chi connectivity index (χ3n) is 4.51. The maximum absolute atomic E-state index is 10.8. The van der Waals surface area contributed by atoms with E-state index in [0.717, 1.165) is 56.9 Å². The van der Waals surface area contributed by atoms with Crippen molar-refractivity contribution in [2.45, 2.75) is 31.7 Å². The van der Waals surface area contributed by atoms with Gasteiger partial charge in [0.2, 0.25) is 0 Å². The van der Waals surface area contributed by atoms with Crippen molar-refractivity contribution in [2.24, 2.45) is 0 Å². The molecule has 6 nitrogen and oxygen atoms in total. The summed E-state index contributed by atoms with van der Waals surface area (Å²) in [5, 5.41) is 13.3. The minimum Gasteiger partial charge on any atom is -0.494 e. The molecule has 1 aromatic heterocycles. The number of rotatable bonds is 8. The molecule has 1 aromatic carbocycles. The van der Waals surface area contributed by atoms with Gasteiger partial charge in [0.25, 0.3) is 0 Å². The Labute approximate surface area is 148 Å². The Bertz CT molecular complexity index is 672. The standard InChI is InChI=1S/C19H25N3O3/c23-19(24)15-22-12-9-18(20-22)16-6-4-10-21(14-16)11-5-13-25-17-7-2-1-3-8-17/h1-3,7-9,12,16H,4-6,10-11,13-15H2,(H,23,24)/t16-/m1/s1. The molecule has 1 atom stereocenters. The minimum absolute atomic E-state index is 0.0761. The summed E-state index contributed by atoms with van der Waals surface area (Å²) in [7, 11) is 0. The zero-order valence-corrected chi connectivity index (χ0v) is 14.4. The van der Waals surface area contributed by atoms with Crippen LogP contribution < -0.4 is 4.74 Å². The molecule has 1 N–H and O–H groups in total. The number of hydrogen-bond donors (Lipinski definition) is 1. The van der Waals surface area contributed by atoms with Gasteiger partial charge in [-0.3, -0.25) is 9.48 Å². The summed E-state index contributed by atoms with van der Waals surface area (Å²) in [5.74, 6) is 0.445. The molecule has 0 saturated carbocycles. The van der Waals surface area contributed by atoms with Crippen LogP contribution in [0.2, 0.25) is 0 Å². The summed E-state index contributed by atoms with van der Waals surface area (Å²) in [6.07, 6.45) is 5.02. The van der Waals surface area contributed by atoms with E-state index in [-0.39, 0.29) is 6.54 Å². The maximum Gasteiger partial charge on any atom is 0.325 e. The van der Waals surface area contributed by atoms with Gasteiger partial charge in [-0.25, -0.2) is 0 Å². The van der Waals surface area contributed by atoms with Crippen molar-refractivity contribution in [1.82, 2.24) is 14.7 Å². The van der Waals surface area contributed by atoms with E-state index >= 15 is 0 Å². The van der Waals surface area contributed by atoms with Gasteiger partial charge in [-0.1, -0.05) is 18.2 Å². The smallest absolute Gasteiger partial charge is 0.325 e. The number of likely N-dealkylation sites (tertiary alicyclic amines) is 1. The monoisotopic (exact) mass is 343 g/mol. The zero-order valence-electron chi connectivity index (χ0n) is 14.4. The number of piperidine rings is 1. The zero-order chi connectivity index (χ0) is 17.5. The van der Waals surface area contributed by atoms with E-state index in [2.05, 4.69) is 10.00 Å². The molecular weight excluding hydrogens is 318 g/mol. The third-order valence-corrected chi connectivity index (χ3v) is 4.51. The van der Waals surface area contributed by atoms with Crippen molar-refractivity contribution in [2.75, 3.05) is 26.2 Å². The van der Waals surface area contributed by atoms with Crippen molar-refractivity contribution in [3.63, 3.8) is 0 Å². The van der Waals surface area contributed by atoms with Crippen molar-refractivity contribution in [1.29, 1.82) is 0 Å². The van der Waals surface area contributed by atoms with Gasteiger partial charge in [-0.15, -0.1) is 0 Å². The van der Waals surface area contributed by atoms with Gasteiger partial charge in [-0.2, -0.15) is 5.10 Å². The van der Waals surface area contributed by atoms with E-state index < -0.39 is 5.97 Å². The number of ether oxygens (including phenoxy) is 1. The largest absolute Gasteiger partial charge is 0.494 e. The number of carboxylic acids is 1. The van der Waals surface area contributed by atoms with Crippen LogP contribution >= 0.6 is 0 Å². The number of para-hydroxylation sites is 1. The molecule has 0 bridgehead atoms. The predicted octanol–water partition coefficient (Wildman–Crippen LogP) is 2.62. The number of carbonyl (C=O) groups is 1. The lowest BCUT2D eigenvalue weighted by atomic mass is 9.95. The van der Waals surface area contributed by atoms with Gasteiger partial charge in [0.05, 0.1) is 12.3 Å². The van der Waals surface area contributed by atoms with E-state index in [9.17, 15) is 4.79 Å². The van der Waals surface area contributed by atoms with Crippen molar-refractivity contribution >= 4 is 5.97 Å². The Morgan fingerprint density at radius 3 is 2.92 bits per heavy atom. The lowest BCUT2D eigenvalue weighted by molar-refractivity contribution is -0.137. The summed E-state index contributed by atoms with van der Waals surface area (Å²) in [5.41, 5.74) is 1.01. The second kappa shape index (κ2) is 8.67. The Hall–Kier alpha value is -2.34. The molecule has 0 spiro atoms. The fourth-order valence-corrected chi connectivity index (χ4v) is 3.32. The molecule has 0 radical (unpaired) electrons. The second-order valence-corrected chi connectivity index (χ2v) is 6.49. The van der Waals surface area contributed by atoms with E-state index in [1.54, 1.807) is 6.20 Å². The average Bonchev–Trinajstić information content (AvgIpc) is 3.08. The van der Waals surface area contributed by atoms with Crippen LogP contribution in [0.5, 0.6) is 5.75 Å². The molecule has 1 aliphatic heterocycles. The van der Waals surface area contributed by atoms with Gasteiger partial charge in [0.1, 0.15) is 12.3 Å².